The van der Waals surface area contributed by atoms with Crippen LogP contribution >= 0.6 is 0 Å². The van der Waals surface area contributed by atoms with Crippen LogP contribution in [-0.2, 0) is 5.41 Å². The van der Waals surface area contributed by atoms with E-state index in [-0.39, 0.29) is 5.41 Å². The highest BCUT2D eigenvalue weighted by atomic mass is 16.5. The fourth-order valence-electron chi connectivity index (χ4n) is 4.38. The number of benzene rings is 2. The minimum Gasteiger partial charge on any atom is -0.457 e. The summed E-state index contributed by atoms with van der Waals surface area (Å²) in [5, 5.41) is 0. The highest BCUT2D eigenvalue weighted by molar-refractivity contribution is 5.60. The number of ether oxygens (including phenoxy) is 1. The van der Waals surface area contributed by atoms with Gasteiger partial charge in [0, 0.05) is 16.5 Å². The molecular formula is C20H22O. The maximum Gasteiger partial charge on any atom is 0.131 e. The summed E-state index contributed by atoms with van der Waals surface area (Å²) in [5.41, 5.74) is 5.69. The molecule has 1 heteroatoms. The lowest BCUT2D eigenvalue weighted by molar-refractivity contribution is 0.305. The molecule has 0 radical (unpaired) electrons. The van der Waals surface area contributed by atoms with E-state index in [1.54, 1.807) is 0 Å². The largest absolute Gasteiger partial charge is 0.457 e. The van der Waals surface area contributed by atoms with Crippen LogP contribution in [0.25, 0.3) is 0 Å². The molecule has 0 amide bonds. The molecule has 0 aromatic heterocycles. The van der Waals surface area contributed by atoms with Crippen LogP contribution < -0.4 is 4.74 Å². The van der Waals surface area contributed by atoms with Crippen molar-refractivity contribution < 1.29 is 4.74 Å². The Hall–Kier alpha value is -1.76. The zero-order valence-corrected chi connectivity index (χ0v) is 12.9. The van der Waals surface area contributed by atoms with Gasteiger partial charge in [-0.05, 0) is 49.9 Å². The van der Waals surface area contributed by atoms with Crippen molar-refractivity contribution in [3.63, 3.8) is 0 Å². The molecule has 4 rings (SSSR count). The fraction of sp³-hybridized carbons (Fsp3) is 0.400. The van der Waals surface area contributed by atoms with Crippen LogP contribution in [-0.4, -0.2) is 0 Å². The van der Waals surface area contributed by atoms with Gasteiger partial charge < -0.3 is 4.74 Å². The van der Waals surface area contributed by atoms with Gasteiger partial charge >= 0.3 is 0 Å². The average molecular weight is 278 g/mol. The van der Waals surface area contributed by atoms with Gasteiger partial charge in [0.2, 0.25) is 0 Å². The highest BCUT2D eigenvalue weighted by Gasteiger charge is 2.43. The van der Waals surface area contributed by atoms with Crippen LogP contribution in [0.4, 0.5) is 0 Å². The molecule has 0 unspecified atom stereocenters. The molecule has 1 aliphatic carbocycles. The van der Waals surface area contributed by atoms with Crippen molar-refractivity contribution in [3.8, 4) is 11.5 Å². The number of hydrogen-bond acceptors (Lipinski definition) is 1. The Labute approximate surface area is 127 Å². The molecule has 1 spiro atoms. The number of rotatable bonds is 0. The standard InChI is InChI=1S/C20H22O/c1-14-9-10-16-18(13-14)21-17-8-6-7-15(2)19(17)20(16)11-4-3-5-12-20/h6-10,13H,3-5,11-12H2,1-2H3. The first-order valence-electron chi connectivity index (χ1n) is 8.10. The third-order valence-corrected chi connectivity index (χ3v) is 5.29. The predicted molar refractivity (Wildman–Crippen MR) is 86.3 cm³/mol. The smallest absolute Gasteiger partial charge is 0.131 e. The molecular weight excluding hydrogens is 256 g/mol. The van der Waals surface area contributed by atoms with Crippen molar-refractivity contribution in [2.75, 3.05) is 0 Å². The van der Waals surface area contributed by atoms with Gasteiger partial charge in [-0.15, -0.1) is 0 Å². The lowest BCUT2D eigenvalue weighted by atomic mass is 9.63. The Bertz CT molecular complexity index is 693. The quantitative estimate of drug-likeness (QED) is 0.604. The summed E-state index contributed by atoms with van der Waals surface area (Å²) in [6, 6.07) is 13.2. The monoisotopic (exact) mass is 278 g/mol. The normalized spacial score (nSPS) is 18.8. The molecule has 2 aromatic rings. The third-order valence-electron chi connectivity index (χ3n) is 5.29. The Kier molecular flexibility index (Phi) is 2.85. The number of hydrogen-bond donors (Lipinski definition) is 0. The molecule has 1 nitrogen and oxygen atoms in total. The Morgan fingerprint density at radius 3 is 2.52 bits per heavy atom. The van der Waals surface area contributed by atoms with Gasteiger partial charge in [-0.25, -0.2) is 0 Å². The zero-order valence-electron chi connectivity index (χ0n) is 12.9. The molecule has 0 atom stereocenters. The van der Waals surface area contributed by atoms with Crippen molar-refractivity contribution in [2.45, 2.75) is 51.4 Å². The van der Waals surface area contributed by atoms with Crippen molar-refractivity contribution in [1.82, 2.24) is 0 Å². The van der Waals surface area contributed by atoms with Gasteiger partial charge in [-0.3, -0.25) is 0 Å². The molecule has 1 heterocycles. The Morgan fingerprint density at radius 1 is 0.905 bits per heavy atom. The predicted octanol–water partition coefficient (Wildman–Crippen LogP) is 5.66. The van der Waals surface area contributed by atoms with Crippen molar-refractivity contribution in [3.05, 3.63) is 58.7 Å². The van der Waals surface area contributed by atoms with Gasteiger partial charge in [0.15, 0.2) is 0 Å². The molecule has 0 saturated heterocycles. The highest BCUT2D eigenvalue weighted by Crippen LogP contribution is 2.55. The van der Waals surface area contributed by atoms with Crippen LogP contribution in [0.3, 0.4) is 0 Å². The van der Waals surface area contributed by atoms with Crippen LogP contribution in [0.15, 0.2) is 36.4 Å². The fourth-order valence-corrected chi connectivity index (χ4v) is 4.38. The summed E-state index contributed by atoms with van der Waals surface area (Å²) in [5.74, 6) is 2.16. The zero-order chi connectivity index (χ0) is 14.4. The van der Waals surface area contributed by atoms with E-state index in [1.807, 2.05) is 0 Å². The van der Waals surface area contributed by atoms with Crippen LogP contribution in [0.1, 0.15) is 54.4 Å². The molecule has 1 fully saturated rings. The van der Waals surface area contributed by atoms with Gasteiger partial charge in [0.1, 0.15) is 11.5 Å². The first-order valence-corrected chi connectivity index (χ1v) is 8.10. The second-order valence-corrected chi connectivity index (χ2v) is 6.69. The lowest BCUT2D eigenvalue weighted by Crippen LogP contribution is -2.34. The molecule has 2 aliphatic rings. The van der Waals surface area contributed by atoms with E-state index >= 15 is 0 Å². The lowest BCUT2D eigenvalue weighted by Gasteiger charge is -2.44. The minimum atomic E-state index is 0.181. The number of aryl methyl sites for hydroxylation is 2. The average Bonchev–Trinajstić information content (AvgIpc) is 2.48. The summed E-state index contributed by atoms with van der Waals surface area (Å²) in [6.07, 6.45) is 6.52. The van der Waals surface area contributed by atoms with E-state index in [0.29, 0.717) is 0 Å². The van der Waals surface area contributed by atoms with Crippen LogP contribution in [0.2, 0.25) is 0 Å². The molecule has 21 heavy (non-hydrogen) atoms. The van der Waals surface area contributed by atoms with Crippen molar-refractivity contribution in [1.29, 1.82) is 0 Å². The van der Waals surface area contributed by atoms with E-state index in [9.17, 15) is 0 Å². The second-order valence-electron chi connectivity index (χ2n) is 6.69. The topological polar surface area (TPSA) is 9.23 Å². The number of fused-ring (bicyclic) bond motifs is 4. The van der Waals surface area contributed by atoms with E-state index in [4.69, 9.17) is 4.74 Å². The van der Waals surface area contributed by atoms with E-state index < -0.39 is 0 Å². The van der Waals surface area contributed by atoms with Gasteiger partial charge in [-0.2, -0.15) is 0 Å². The SMILES string of the molecule is Cc1ccc2c(c1)Oc1cccc(C)c1C21CCCCC1. The first-order chi connectivity index (χ1) is 10.2. The van der Waals surface area contributed by atoms with Gasteiger partial charge in [0.05, 0.1) is 0 Å². The Balaban J connectivity index is 2.00. The maximum atomic E-state index is 6.27. The summed E-state index contributed by atoms with van der Waals surface area (Å²) in [6.45, 7) is 4.38. The van der Waals surface area contributed by atoms with E-state index in [1.165, 1.54) is 54.4 Å². The molecule has 0 N–H and O–H groups in total. The van der Waals surface area contributed by atoms with Crippen molar-refractivity contribution >= 4 is 0 Å². The summed E-state index contributed by atoms with van der Waals surface area (Å²) in [4.78, 5) is 0. The van der Waals surface area contributed by atoms with E-state index in [0.717, 1.165) is 11.5 Å². The second kappa shape index (κ2) is 4.62. The molecule has 1 saturated carbocycles. The van der Waals surface area contributed by atoms with Gasteiger partial charge in [-0.1, -0.05) is 43.5 Å². The third kappa shape index (κ3) is 1.83. The summed E-state index contributed by atoms with van der Waals surface area (Å²) in [7, 11) is 0. The maximum absolute atomic E-state index is 6.27. The Morgan fingerprint density at radius 2 is 1.71 bits per heavy atom. The molecule has 1 aliphatic heterocycles. The van der Waals surface area contributed by atoms with E-state index in [2.05, 4.69) is 50.2 Å². The van der Waals surface area contributed by atoms with Gasteiger partial charge in [0.25, 0.3) is 0 Å². The minimum absolute atomic E-state index is 0.181. The molecule has 0 bridgehead atoms. The molecule has 2 aromatic carbocycles. The summed E-state index contributed by atoms with van der Waals surface area (Å²) >= 11 is 0. The first kappa shape index (κ1) is 12.9. The van der Waals surface area contributed by atoms with Crippen LogP contribution in [0.5, 0.6) is 11.5 Å². The summed E-state index contributed by atoms with van der Waals surface area (Å²) < 4.78 is 6.27. The van der Waals surface area contributed by atoms with Crippen LogP contribution in [0, 0.1) is 13.8 Å². The van der Waals surface area contributed by atoms with Crippen molar-refractivity contribution in [2.24, 2.45) is 0 Å². The molecule has 108 valence electrons.